The number of aliphatic hydroxyl groups is 1. The number of aliphatic hydroxyl groups excluding tert-OH is 1. The van der Waals surface area contributed by atoms with Crippen molar-refractivity contribution in [1.82, 2.24) is 10.2 Å². The maximum Gasteiger partial charge on any atom is 0.303 e. The van der Waals surface area contributed by atoms with Gasteiger partial charge in [-0.1, -0.05) is 73.2 Å². The smallest absolute Gasteiger partial charge is 0.303 e. The molecule has 0 spiro atoms. The molecule has 9 nitrogen and oxygen atoms in total. The number of unbranched alkanes of at least 4 members (excludes halogenated alkanes) is 2. The Labute approximate surface area is 277 Å². The standard InChI is InChI=1S/C38H48N2O7/c1-45-26-33-9-6-20-40(33)24-34-22-35(30-14-12-27(25-41)13-15-30)47-38(46-34)31-18-16-29(17-19-31)32-8-5-7-28(21-32)23-39-36(42)10-3-2-4-11-37(43)44/h5,7-8,12-19,21,33-35,38,41H,2-4,6,9-11,20,22-26H2,1H3,(H,39,42)(H,43,44)/t33-,34-,35+,38+/m0/s1. The monoisotopic (exact) mass is 644 g/mol. The SMILES string of the molecule is COC[C@@H]1CCCN1C[C@@H]1C[C@H](c2ccc(CO)cc2)O[C@H](c2ccc(-c3cccc(CNC(=O)CCCCCC(=O)O)c3)cc2)O1. The number of carboxylic acids is 1. The van der Waals surface area contributed by atoms with E-state index in [1.165, 1.54) is 0 Å². The molecule has 3 N–H and O–H groups in total. The first-order valence-electron chi connectivity index (χ1n) is 16.8. The number of hydrogen-bond donors (Lipinski definition) is 3. The molecule has 0 bridgehead atoms. The van der Waals surface area contributed by atoms with Crippen LogP contribution < -0.4 is 5.32 Å². The fourth-order valence-electron chi connectivity index (χ4n) is 6.53. The Morgan fingerprint density at radius 3 is 2.43 bits per heavy atom. The third kappa shape index (κ3) is 10.2. The van der Waals surface area contributed by atoms with Gasteiger partial charge in [-0.15, -0.1) is 0 Å². The van der Waals surface area contributed by atoms with Crippen LogP contribution in [0.1, 0.15) is 86.0 Å². The fourth-order valence-corrected chi connectivity index (χ4v) is 6.53. The van der Waals surface area contributed by atoms with Crippen molar-refractivity contribution < 1.29 is 34.0 Å². The topological polar surface area (TPSA) is 118 Å². The Morgan fingerprint density at radius 2 is 1.68 bits per heavy atom. The van der Waals surface area contributed by atoms with E-state index < -0.39 is 12.3 Å². The summed E-state index contributed by atoms with van der Waals surface area (Å²) in [5.41, 5.74) is 6.03. The number of likely N-dealkylation sites (tertiary alicyclic amines) is 1. The molecule has 0 saturated carbocycles. The summed E-state index contributed by atoms with van der Waals surface area (Å²) < 4.78 is 18.7. The highest BCUT2D eigenvalue weighted by Gasteiger charge is 2.35. The van der Waals surface area contributed by atoms with Crippen molar-refractivity contribution in [3.8, 4) is 11.1 Å². The Balaban J connectivity index is 1.23. The largest absolute Gasteiger partial charge is 0.481 e. The minimum Gasteiger partial charge on any atom is -0.481 e. The summed E-state index contributed by atoms with van der Waals surface area (Å²) in [7, 11) is 1.76. The zero-order chi connectivity index (χ0) is 33.0. The summed E-state index contributed by atoms with van der Waals surface area (Å²) >= 11 is 0. The zero-order valence-corrected chi connectivity index (χ0v) is 27.3. The summed E-state index contributed by atoms with van der Waals surface area (Å²) in [6, 6.07) is 24.8. The Morgan fingerprint density at radius 1 is 0.915 bits per heavy atom. The van der Waals surface area contributed by atoms with Crippen LogP contribution in [0.25, 0.3) is 11.1 Å². The van der Waals surface area contributed by atoms with Crippen LogP contribution in [-0.2, 0) is 37.0 Å². The highest BCUT2D eigenvalue weighted by molar-refractivity contribution is 5.76. The lowest BCUT2D eigenvalue weighted by Gasteiger charge is -2.38. The first kappa shape index (κ1) is 34.7. The average molecular weight is 645 g/mol. The van der Waals surface area contributed by atoms with Gasteiger partial charge in [0, 0.05) is 51.1 Å². The molecule has 1 amide bonds. The third-order valence-corrected chi connectivity index (χ3v) is 9.14. The number of ether oxygens (including phenoxy) is 3. The van der Waals surface area contributed by atoms with Crippen LogP contribution in [0.4, 0.5) is 0 Å². The summed E-state index contributed by atoms with van der Waals surface area (Å²) in [5, 5.41) is 21.3. The molecule has 2 aliphatic rings. The molecule has 2 aliphatic heterocycles. The summed E-state index contributed by atoms with van der Waals surface area (Å²) in [6.45, 7) is 3.04. The highest BCUT2D eigenvalue weighted by atomic mass is 16.7. The van der Waals surface area contributed by atoms with E-state index in [1.807, 2.05) is 36.4 Å². The molecule has 0 unspecified atom stereocenters. The Bertz CT molecular complexity index is 1430. The molecule has 252 valence electrons. The minimum atomic E-state index is -0.798. The first-order valence-corrected chi connectivity index (χ1v) is 16.8. The second-order valence-corrected chi connectivity index (χ2v) is 12.6. The van der Waals surface area contributed by atoms with E-state index in [9.17, 15) is 14.7 Å². The molecule has 0 aliphatic carbocycles. The number of hydrogen-bond acceptors (Lipinski definition) is 7. The van der Waals surface area contributed by atoms with Crippen LogP contribution in [0.3, 0.4) is 0 Å². The second kappa shape index (κ2) is 17.5. The quantitative estimate of drug-likeness (QED) is 0.159. The molecular formula is C38H48N2O7. The van der Waals surface area contributed by atoms with Gasteiger partial charge in [0.25, 0.3) is 0 Å². The molecule has 3 aromatic rings. The molecule has 2 fully saturated rings. The summed E-state index contributed by atoms with van der Waals surface area (Å²) in [6.07, 6.45) is 4.94. The van der Waals surface area contributed by atoms with Crippen molar-refractivity contribution in [2.24, 2.45) is 0 Å². The van der Waals surface area contributed by atoms with E-state index >= 15 is 0 Å². The van der Waals surface area contributed by atoms with Crippen molar-refractivity contribution in [3.05, 3.63) is 95.1 Å². The van der Waals surface area contributed by atoms with Gasteiger partial charge in [0.1, 0.15) is 0 Å². The van der Waals surface area contributed by atoms with Crippen LogP contribution >= 0.6 is 0 Å². The maximum atomic E-state index is 12.3. The second-order valence-electron chi connectivity index (χ2n) is 12.6. The number of carboxylic acid groups (broad SMARTS) is 1. The van der Waals surface area contributed by atoms with Gasteiger partial charge in [0.2, 0.25) is 5.91 Å². The minimum absolute atomic E-state index is 0.00923. The van der Waals surface area contributed by atoms with Crippen molar-refractivity contribution in [1.29, 1.82) is 0 Å². The van der Waals surface area contributed by atoms with Gasteiger partial charge in [0.05, 0.1) is 25.4 Å². The van der Waals surface area contributed by atoms with Gasteiger partial charge >= 0.3 is 5.97 Å². The number of nitrogens with zero attached hydrogens (tertiary/aromatic N) is 1. The Hall–Kier alpha value is -3.60. The van der Waals surface area contributed by atoms with E-state index in [0.717, 1.165) is 78.8 Å². The number of methoxy groups -OCH3 is 1. The normalized spacial score (nSPS) is 21.5. The number of rotatable bonds is 16. The number of aliphatic carboxylic acids is 1. The van der Waals surface area contributed by atoms with Gasteiger partial charge < -0.3 is 29.7 Å². The van der Waals surface area contributed by atoms with Crippen molar-refractivity contribution in [2.75, 3.05) is 26.8 Å². The fraction of sp³-hybridized carbons (Fsp3) is 0.474. The molecule has 2 heterocycles. The lowest BCUT2D eigenvalue weighted by atomic mass is 9.98. The van der Waals surface area contributed by atoms with Gasteiger partial charge in [-0.3, -0.25) is 14.5 Å². The average Bonchev–Trinajstić information content (AvgIpc) is 3.53. The van der Waals surface area contributed by atoms with E-state index in [-0.39, 0.29) is 31.1 Å². The molecule has 9 heteroatoms. The van der Waals surface area contributed by atoms with Crippen molar-refractivity contribution >= 4 is 11.9 Å². The summed E-state index contributed by atoms with van der Waals surface area (Å²) in [5.74, 6) is -0.824. The molecule has 3 aromatic carbocycles. The van der Waals surface area contributed by atoms with E-state index in [0.29, 0.717) is 31.8 Å². The third-order valence-electron chi connectivity index (χ3n) is 9.14. The number of benzene rings is 3. The van der Waals surface area contributed by atoms with Crippen molar-refractivity contribution in [3.63, 3.8) is 0 Å². The Kier molecular flexibility index (Phi) is 12.9. The predicted molar refractivity (Wildman–Crippen MR) is 179 cm³/mol. The predicted octanol–water partition coefficient (Wildman–Crippen LogP) is 6.15. The lowest BCUT2D eigenvalue weighted by Crippen LogP contribution is -2.42. The number of carbonyl (C=O) groups is 2. The molecule has 4 atom stereocenters. The molecule has 47 heavy (non-hydrogen) atoms. The van der Waals surface area contributed by atoms with Gasteiger partial charge in [0.15, 0.2) is 6.29 Å². The van der Waals surface area contributed by atoms with E-state index in [2.05, 4.69) is 46.6 Å². The maximum absolute atomic E-state index is 12.3. The molecule has 0 radical (unpaired) electrons. The molecular weight excluding hydrogens is 596 g/mol. The highest BCUT2D eigenvalue weighted by Crippen LogP contribution is 2.39. The van der Waals surface area contributed by atoms with Crippen molar-refractivity contribution in [2.45, 2.75) is 89.1 Å². The van der Waals surface area contributed by atoms with Gasteiger partial charge in [-0.05, 0) is 66.1 Å². The molecule has 2 saturated heterocycles. The van der Waals surface area contributed by atoms with E-state index in [1.54, 1.807) is 7.11 Å². The van der Waals surface area contributed by atoms with E-state index in [4.69, 9.17) is 19.3 Å². The zero-order valence-electron chi connectivity index (χ0n) is 27.3. The van der Waals surface area contributed by atoms with Crippen LogP contribution in [0, 0.1) is 0 Å². The molecule has 5 rings (SSSR count). The molecule has 0 aromatic heterocycles. The number of amides is 1. The lowest BCUT2D eigenvalue weighted by molar-refractivity contribution is -0.253. The van der Waals surface area contributed by atoms with Gasteiger partial charge in [-0.25, -0.2) is 0 Å². The van der Waals surface area contributed by atoms with Crippen LogP contribution in [0.15, 0.2) is 72.8 Å². The van der Waals surface area contributed by atoms with Crippen LogP contribution in [-0.4, -0.2) is 65.9 Å². The van der Waals surface area contributed by atoms with Gasteiger partial charge in [-0.2, -0.15) is 0 Å². The first-order chi connectivity index (χ1) is 22.9. The number of nitrogens with one attached hydrogen (secondary N) is 1. The van der Waals surface area contributed by atoms with Crippen LogP contribution in [0.2, 0.25) is 0 Å². The summed E-state index contributed by atoms with van der Waals surface area (Å²) in [4.78, 5) is 25.4. The van der Waals surface area contributed by atoms with Crippen LogP contribution in [0.5, 0.6) is 0 Å². The number of carbonyl (C=O) groups excluding carboxylic acids is 1.